The van der Waals surface area contributed by atoms with Crippen LogP contribution >= 0.6 is 0 Å². The first-order chi connectivity index (χ1) is 11.0. The highest BCUT2D eigenvalue weighted by atomic mass is 19.1. The second-order valence-electron chi connectivity index (χ2n) is 5.46. The maximum absolute atomic E-state index is 13.5. The molecule has 1 amide bonds. The quantitative estimate of drug-likeness (QED) is 0.869. The fourth-order valence-electron chi connectivity index (χ4n) is 2.45. The first-order valence-electron chi connectivity index (χ1n) is 7.26. The molecule has 1 atom stereocenters. The number of ether oxygens (including phenoxy) is 1. The number of aromatic nitrogens is 2. The maximum atomic E-state index is 13.5. The van der Waals surface area contributed by atoms with Crippen LogP contribution < -0.4 is 4.74 Å². The van der Waals surface area contributed by atoms with E-state index >= 15 is 0 Å². The van der Waals surface area contributed by atoms with Gasteiger partial charge in [-0.05, 0) is 25.5 Å². The minimum absolute atomic E-state index is 0.0416. The topological polar surface area (TPSA) is 55.3 Å². The lowest BCUT2D eigenvalue weighted by atomic mass is 10.2. The van der Waals surface area contributed by atoms with Crippen LogP contribution in [0.4, 0.5) is 8.78 Å². The molecule has 1 fully saturated rings. The van der Waals surface area contributed by atoms with E-state index in [1.54, 1.807) is 4.90 Å². The zero-order valence-corrected chi connectivity index (χ0v) is 12.5. The van der Waals surface area contributed by atoms with E-state index in [4.69, 9.17) is 4.74 Å². The molecule has 2 heterocycles. The smallest absolute Gasteiger partial charge is 0.321 e. The molecule has 1 aliphatic rings. The monoisotopic (exact) mass is 319 g/mol. The van der Waals surface area contributed by atoms with Gasteiger partial charge in [-0.15, -0.1) is 0 Å². The maximum Gasteiger partial charge on any atom is 0.321 e. The summed E-state index contributed by atoms with van der Waals surface area (Å²) < 4.78 is 31.5. The van der Waals surface area contributed by atoms with Gasteiger partial charge in [-0.25, -0.2) is 18.7 Å². The summed E-state index contributed by atoms with van der Waals surface area (Å²) in [5, 5.41) is 0. The van der Waals surface area contributed by atoms with E-state index < -0.39 is 11.6 Å². The summed E-state index contributed by atoms with van der Waals surface area (Å²) in [4.78, 5) is 21.5. The minimum Gasteiger partial charge on any atom is -0.421 e. The van der Waals surface area contributed by atoms with E-state index in [0.717, 1.165) is 24.1 Å². The Kier molecular flexibility index (Phi) is 4.18. The van der Waals surface area contributed by atoms with Crippen LogP contribution in [-0.2, 0) is 11.3 Å². The molecule has 1 aromatic carbocycles. The summed E-state index contributed by atoms with van der Waals surface area (Å²) in [6, 6.07) is 3.15. The van der Waals surface area contributed by atoms with Crippen molar-refractivity contribution in [1.29, 1.82) is 0 Å². The fraction of sp³-hybridized carbons (Fsp3) is 0.312. The van der Waals surface area contributed by atoms with Gasteiger partial charge in [-0.2, -0.15) is 0 Å². The molecule has 2 aromatic rings. The molecule has 7 heteroatoms. The lowest BCUT2D eigenvalue weighted by Gasteiger charge is -2.21. The number of benzene rings is 1. The van der Waals surface area contributed by atoms with Gasteiger partial charge in [-0.3, -0.25) is 4.79 Å². The number of hydrogen-bond acceptors (Lipinski definition) is 4. The Morgan fingerprint density at radius 1 is 1.30 bits per heavy atom. The van der Waals surface area contributed by atoms with Crippen molar-refractivity contribution in [3.63, 3.8) is 0 Å². The fourth-order valence-corrected chi connectivity index (χ4v) is 2.45. The van der Waals surface area contributed by atoms with Crippen LogP contribution in [0, 0.1) is 11.6 Å². The molecule has 1 aliphatic heterocycles. The van der Waals surface area contributed by atoms with Gasteiger partial charge in [0.05, 0.1) is 0 Å². The lowest BCUT2D eigenvalue weighted by molar-refractivity contribution is -0.129. The third-order valence-electron chi connectivity index (χ3n) is 3.76. The Hall–Kier alpha value is -2.57. The van der Waals surface area contributed by atoms with Crippen molar-refractivity contribution in [2.24, 2.45) is 0 Å². The van der Waals surface area contributed by atoms with Crippen molar-refractivity contribution < 1.29 is 18.3 Å². The van der Waals surface area contributed by atoms with Gasteiger partial charge in [0.2, 0.25) is 5.91 Å². The van der Waals surface area contributed by atoms with Crippen molar-refractivity contribution in [2.75, 3.05) is 0 Å². The zero-order chi connectivity index (χ0) is 16.4. The molecule has 23 heavy (non-hydrogen) atoms. The van der Waals surface area contributed by atoms with Crippen LogP contribution in [0.2, 0.25) is 0 Å². The molecule has 0 aliphatic carbocycles. The van der Waals surface area contributed by atoms with Crippen LogP contribution in [0.3, 0.4) is 0 Å². The molecule has 1 saturated heterocycles. The Morgan fingerprint density at radius 2 is 2.04 bits per heavy atom. The zero-order valence-electron chi connectivity index (χ0n) is 12.5. The molecular weight excluding hydrogens is 304 g/mol. The number of likely N-dealkylation sites (tertiary alicyclic amines) is 1. The van der Waals surface area contributed by atoms with E-state index in [1.807, 2.05) is 6.92 Å². The van der Waals surface area contributed by atoms with Crippen LogP contribution in [0.15, 0.2) is 30.6 Å². The molecule has 0 saturated carbocycles. The second-order valence-corrected chi connectivity index (χ2v) is 5.46. The van der Waals surface area contributed by atoms with Crippen molar-refractivity contribution in [3.8, 4) is 11.8 Å². The molecule has 3 rings (SSSR count). The first kappa shape index (κ1) is 15.3. The molecular formula is C16H15F2N3O2. The molecule has 0 N–H and O–H groups in total. The van der Waals surface area contributed by atoms with Crippen molar-refractivity contribution in [2.45, 2.75) is 32.4 Å². The largest absolute Gasteiger partial charge is 0.421 e. The number of halogens is 2. The molecule has 5 nitrogen and oxygen atoms in total. The van der Waals surface area contributed by atoms with Gasteiger partial charge in [-0.1, -0.05) is 0 Å². The number of amides is 1. The van der Waals surface area contributed by atoms with E-state index in [1.165, 1.54) is 18.5 Å². The summed E-state index contributed by atoms with van der Waals surface area (Å²) in [5.74, 6) is -1.54. The Balaban J connectivity index is 1.68. The number of nitrogens with zero attached hydrogens (tertiary/aromatic N) is 3. The summed E-state index contributed by atoms with van der Waals surface area (Å²) >= 11 is 0. The Bertz CT molecular complexity index is 722. The molecule has 0 spiro atoms. The van der Waals surface area contributed by atoms with Crippen molar-refractivity contribution in [3.05, 3.63) is 47.8 Å². The Morgan fingerprint density at radius 3 is 2.65 bits per heavy atom. The van der Waals surface area contributed by atoms with Crippen LogP contribution in [0.25, 0.3) is 0 Å². The Labute approximate surface area is 131 Å². The highest BCUT2D eigenvalue weighted by molar-refractivity contribution is 5.78. The van der Waals surface area contributed by atoms with Gasteiger partial charge in [0.25, 0.3) is 0 Å². The predicted octanol–water partition coefficient (Wildman–Crippen LogP) is 3.06. The third kappa shape index (κ3) is 3.44. The highest BCUT2D eigenvalue weighted by Crippen LogP contribution is 2.23. The summed E-state index contributed by atoms with van der Waals surface area (Å²) in [6.07, 6.45) is 4.47. The van der Waals surface area contributed by atoms with Gasteiger partial charge in [0.15, 0.2) is 11.6 Å². The van der Waals surface area contributed by atoms with E-state index in [2.05, 4.69) is 9.97 Å². The lowest BCUT2D eigenvalue weighted by Crippen LogP contribution is -2.30. The van der Waals surface area contributed by atoms with Gasteiger partial charge in [0.1, 0.15) is 5.82 Å². The molecule has 120 valence electrons. The van der Waals surface area contributed by atoms with Crippen LogP contribution in [-0.4, -0.2) is 26.8 Å². The molecule has 0 bridgehead atoms. The van der Waals surface area contributed by atoms with E-state index in [-0.39, 0.29) is 23.7 Å². The predicted molar refractivity (Wildman–Crippen MR) is 77.7 cm³/mol. The standard InChI is InChI=1S/C16H15F2N3O2/c1-10-2-5-15(22)21(10)9-11-7-19-16(20-8-11)23-14-4-3-12(17)6-13(14)18/h3-4,6-8,10H,2,5,9H2,1H3/t10-/m0/s1. The molecule has 0 radical (unpaired) electrons. The number of carbonyl (C=O) groups is 1. The van der Waals surface area contributed by atoms with Crippen molar-refractivity contribution >= 4 is 5.91 Å². The first-order valence-corrected chi connectivity index (χ1v) is 7.26. The number of rotatable bonds is 4. The summed E-state index contributed by atoms with van der Waals surface area (Å²) in [6.45, 7) is 2.44. The number of hydrogen-bond donors (Lipinski definition) is 0. The summed E-state index contributed by atoms with van der Waals surface area (Å²) in [7, 11) is 0. The van der Waals surface area contributed by atoms with Crippen LogP contribution in [0.5, 0.6) is 11.8 Å². The second kappa shape index (κ2) is 6.28. The average Bonchev–Trinajstić information content (AvgIpc) is 2.84. The normalized spacial score (nSPS) is 17.6. The third-order valence-corrected chi connectivity index (χ3v) is 3.76. The minimum atomic E-state index is -0.825. The van der Waals surface area contributed by atoms with Crippen LogP contribution in [0.1, 0.15) is 25.3 Å². The van der Waals surface area contributed by atoms with Gasteiger partial charge < -0.3 is 9.64 Å². The van der Waals surface area contributed by atoms with Gasteiger partial charge in [0, 0.05) is 43.0 Å². The summed E-state index contributed by atoms with van der Waals surface area (Å²) in [5.41, 5.74) is 0.763. The van der Waals surface area contributed by atoms with E-state index in [9.17, 15) is 13.6 Å². The SMILES string of the molecule is C[C@H]1CCC(=O)N1Cc1cnc(Oc2ccc(F)cc2F)nc1. The van der Waals surface area contributed by atoms with E-state index in [0.29, 0.717) is 13.0 Å². The average molecular weight is 319 g/mol. The van der Waals surface area contributed by atoms with Gasteiger partial charge >= 0.3 is 6.01 Å². The molecule has 1 aromatic heterocycles. The van der Waals surface area contributed by atoms with Crippen molar-refractivity contribution in [1.82, 2.24) is 14.9 Å². The number of carbonyl (C=O) groups excluding carboxylic acids is 1. The highest BCUT2D eigenvalue weighted by Gasteiger charge is 2.27. The molecule has 0 unspecified atom stereocenters.